The molecule has 0 aromatic heterocycles. The van der Waals surface area contributed by atoms with E-state index in [1.54, 1.807) is 42.5 Å². The fourth-order valence-electron chi connectivity index (χ4n) is 1.93. The molecular weight excluding hydrogens is 306 g/mol. The summed E-state index contributed by atoms with van der Waals surface area (Å²) in [7, 11) is 0. The molecule has 2 aromatic rings. The maximum absolute atomic E-state index is 11.9. The summed E-state index contributed by atoms with van der Waals surface area (Å²) in [4.78, 5) is 23.3. The zero-order valence-corrected chi connectivity index (χ0v) is 13.2. The third kappa shape index (κ3) is 5.46. The van der Waals surface area contributed by atoms with Gasteiger partial charge in [0.2, 0.25) is 5.91 Å². The Morgan fingerprint density at radius 3 is 2.29 bits per heavy atom. The molecule has 6 heteroatoms. The van der Waals surface area contributed by atoms with Crippen LogP contribution in [0.25, 0.3) is 0 Å². The third-order valence-corrected chi connectivity index (χ3v) is 3.06. The van der Waals surface area contributed by atoms with E-state index in [0.717, 1.165) is 5.56 Å². The molecule has 0 aliphatic heterocycles. The molecular formula is C18H17N3O3. The van der Waals surface area contributed by atoms with E-state index in [-0.39, 0.29) is 18.9 Å². The number of carbonyl (C=O) groups excluding carboxylic acids is 2. The highest BCUT2D eigenvalue weighted by atomic mass is 16.5. The molecule has 0 spiro atoms. The van der Waals surface area contributed by atoms with Gasteiger partial charge < -0.3 is 15.4 Å². The minimum absolute atomic E-state index is 0.117. The van der Waals surface area contributed by atoms with Crippen LogP contribution in [0.15, 0.2) is 48.5 Å². The number of hydrogen-bond acceptors (Lipinski definition) is 4. The van der Waals surface area contributed by atoms with E-state index in [2.05, 4.69) is 10.6 Å². The highest BCUT2D eigenvalue weighted by molar-refractivity contribution is 5.95. The van der Waals surface area contributed by atoms with Gasteiger partial charge in [0, 0.05) is 11.4 Å². The molecule has 2 N–H and O–H groups in total. The van der Waals surface area contributed by atoms with Crippen molar-refractivity contribution in [1.82, 2.24) is 0 Å². The van der Waals surface area contributed by atoms with Crippen molar-refractivity contribution >= 4 is 23.2 Å². The molecule has 0 fully saturated rings. The molecule has 0 bridgehead atoms. The Balaban J connectivity index is 1.88. The van der Waals surface area contributed by atoms with Crippen LogP contribution in [0.2, 0.25) is 0 Å². The second kappa shape index (κ2) is 8.34. The van der Waals surface area contributed by atoms with Crippen molar-refractivity contribution in [1.29, 1.82) is 5.26 Å². The van der Waals surface area contributed by atoms with Crippen molar-refractivity contribution in [2.45, 2.75) is 13.3 Å². The van der Waals surface area contributed by atoms with Crippen LogP contribution in [-0.2, 0) is 9.59 Å². The average molecular weight is 323 g/mol. The predicted octanol–water partition coefficient (Wildman–Crippen LogP) is 2.86. The van der Waals surface area contributed by atoms with Gasteiger partial charge in [-0.05, 0) is 37.3 Å². The van der Waals surface area contributed by atoms with Gasteiger partial charge in [-0.25, -0.2) is 0 Å². The number of benzene rings is 2. The van der Waals surface area contributed by atoms with Crippen molar-refractivity contribution in [3.05, 3.63) is 54.1 Å². The van der Waals surface area contributed by atoms with Crippen LogP contribution in [0.5, 0.6) is 5.75 Å². The number of anilines is 2. The van der Waals surface area contributed by atoms with Crippen LogP contribution in [0.3, 0.4) is 0 Å². The predicted molar refractivity (Wildman–Crippen MR) is 90.6 cm³/mol. The lowest BCUT2D eigenvalue weighted by Gasteiger charge is -2.09. The number of hydrogen-bond donors (Lipinski definition) is 2. The van der Waals surface area contributed by atoms with Gasteiger partial charge in [0.05, 0.1) is 6.07 Å². The van der Waals surface area contributed by atoms with Gasteiger partial charge in [-0.3, -0.25) is 9.59 Å². The lowest BCUT2D eigenvalue weighted by atomic mass is 10.2. The van der Waals surface area contributed by atoms with E-state index in [0.29, 0.717) is 17.1 Å². The Labute approximate surface area is 140 Å². The largest absolute Gasteiger partial charge is 0.484 e. The van der Waals surface area contributed by atoms with Crippen molar-refractivity contribution in [3.8, 4) is 11.8 Å². The zero-order chi connectivity index (χ0) is 17.4. The molecule has 6 nitrogen and oxygen atoms in total. The van der Waals surface area contributed by atoms with Crippen LogP contribution in [0.4, 0.5) is 11.4 Å². The smallest absolute Gasteiger partial charge is 0.262 e. The highest BCUT2D eigenvalue weighted by Crippen LogP contribution is 2.16. The molecule has 0 atom stereocenters. The topological polar surface area (TPSA) is 91.2 Å². The Hall–Kier alpha value is -3.33. The van der Waals surface area contributed by atoms with E-state index in [1.165, 1.54) is 0 Å². The summed E-state index contributed by atoms with van der Waals surface area (Å²) in [6, 6.07) is 15.9. The van der Waals surface area contributed by atoms with Crippen LogP contribution in [0.1, 0.15) is 12.0 Å². The normalized spacial score (nSPS) is 9.67. The zero-order valence-electron chi connectivity index (χ0n) is 13.2. The molecule has 0 saturated carbocycles. The first-order valence-corrected chi connectivity index (χ1v) is 7.33. The first kappa shape index (κ1) is 17.0. The average Bonchev–Trinajstić information content (AvgIpc) is 2.55. The number of amides is 2. The van der Waals surface area contributed by atoms with Gasteiger partial charge in [0.1, 0.15) is 12.2 Å². The second-order valence-electron chi connectivity index (χ2n) is 5.11. The number of nitrogens with zero attached hydrogens (tertiary/aromatic N) is 1. The summed E-state index contributed by atoms with van der Waals surface area (Å²) in [6.07, 6.45) is -0.221. The van der Waals surface area contributed by atoms with Gasteiger partial charge in [-0.1, -0.05) is 23.8 Å². The quantitative estimate of drug-likeness (QED) is 0.855. The number of carbonyl (C=O) groups is 2. The molecule has 0 aliphatic carbocycles. The monoisotopic (exact) mass is 323 g/mol. The fraction of sp³-hybridized carbons (Fsp3) is 0.167. The van der Waals surface area contributed by atoms with E-state index >= 15 is 0 Å². The summed E-state index contributed by atoms with van der Waals surface area (Å²) >= 11 is 0. The molecule has 24 heavy (non-hydrogen) atoms. The highest BCUT2D eigenvalue weighted by Gasteiger charge is 2.06. The maximum Gasteiger partial charge on any atom is 0.262 e. The summed E-state index contributed by atoms with van der Waals surface area (Å²) in [6.45, 7) is 1.85. The molecule has 2 amide bonds. The lowest BCUT2D eigenvalue weighted by Crippen LogP contribution is -2.20. The van der Waals surface area contributed by atoms with Crippen LogP contribution in [-0.4, -0.2) is 18.4 Å². The Morgan fingerprint density at radius 2 is 1.67 bits per heavy atom. The second-order valence-corrected chi connectivity index (χ2v) is 5.11. The molecule has 0 unspecified atom stereocenters. The van der Waals surface area contributed by atoms with Crippen LogP contribution >= 0.6 is 0 Å². The molecule has 2 aromatic carbocycles. The van der Waals surface area contributed by atoms with E-state index < -0.39 is 5.91 Å². The Kier molecular flexibility index (Phi) is 5.92. The fourth-order valence-corrected chi connectivity index (χ4v) is 1.93. The number of rotatable bonds is 6. The Morgan fingerprint density at radius 1 is 1.04 bits per heavy atom. The molecule has 0 aliphatic rings. The molecule has 122 valence electrons. The van der Waals surface area contributed by atoms with Gasteiger partial charge in [0.15, 0.2) is 6.61 Å². The minimum atomic E-state index is -0.399. The van der Waals surface area contributed by atoms with Gasteiger partial charge in [-0.15, -0.1) is 0 Å². The molecule has 0 radical (unpaired) electrons. The molecule has 0 saturated heterocycles. The number of aryl methyl sites for hydroxylation is 1. The van der Waals surface area contributed by atoms with Crippen molar-refractivity contribution in [2.24, 2.45) is 0 Å². The number of ether oxygens (including phenoxy) is 1. The van der Waals surface area contributed by atoms with Crippen LogP contribution < -0.4 is 15.4 Å². The minimum Gasteiger partial charge on any atom is -0.484 e. The molecule has 0 heterocycles. The van der Waals surface area contributed by atoms with E-state index in [9.17, 15) is 9.59 Å². The van der Waals surface area contributed by atoms with Crippen molar-refractivity contribution in [3.63, 3.8) is 0 Å². The lowest BCUT2D eigenvalue weighted by molar-refractivity contribution is -0.118. The first-order chi connectivity index (χ1) is 11.6. The van der Waals surface area contributed by atoms with Crippen LogP contribution in [0, 0.1) is 18.3 Å². The van der Waals surface area contributed by atoms with Crippen molar-refractivity contribution < 1.29 is 14.3 Å². The summed E-state index contributed by atoms with van der Waals surface area (Å²) < 4.78 is 5.40. The summed E-state index contributed by atoms with van der Waals surface area (Å²) in [5.41, 5.74) is 2.15. The first-order valence-electron chi connectivity index (χ1n) is 7.33. The van der Waals surface area contributed by atoms with Gasteiger partial charge in [-0.2, -0.15) is 5.26 Å². The number of nitriles is 1. The standard InChI is InChI=1S/C18H17N3O3/c1-13-5-7-16(8-6-13)24-12-18(23)21-15-4-2-3-14(11-15)20-17(22)9-10-19/h2-8,11H,9,12H2,1H3,(H,20,22)(H,21,23). The summed E-state index contributed by atoms with van der Waals surface area (Å²) in [5, 5.41) is 13.7. The number of nitrogens with one attached hydrogen (secondary N) is 2. The van der Waals surface area contributed by atoms with Gasteiger partial charge in [0.25, 0.3) is 5.91 Å². The SMILES string of the molecule is Cc1ccc(OCC(=O)Nc2cccc(NC(=O)CC#N)c2)cc1. The maximum atomic E-state index is 11.9. The van der Waals surface area contributed by atoms with E-state index in [1.807, 2.05) is 19.1 Å². The van der Waals surface area contributed by atoms with Crippen molar-refractivity contribution in [2.75, 3.05) is 17.2 Å². The van der Waals surface area contributed by atoms with E-state index in [4.69, 9.17) is 10.00 Å². The Bertz CT molecular complexity index is 764. The van der Waals surface area contributed by atoms with Gasteiger partial charge >= 0.3 is 0 Å². The summed E-state index contributed by atoms with van der Waals surface area (Å²) in [5.74, 6) is -0.0898. The molecule has 2 rings (SSSR count). The third-order valence-electron chi connectivity index (χ3n) is 3.06.